The number of hydrogen-bond acceptors (Lipinski definition) is 9. The summed E-state index contributed by atoms with van der Waals surface area (Å²) in [7, 11) is 2.60. The van der Waals surface area contributed by atoms with Crippen LogP contribution in [0.3, 0.4) is 0 Å². The van der Waals surface area contributed by atoms with Crippen LogP contribution in [0, 0.1) is 0 Å². The van der Waals surface area contributed by atoms with Gasteiger partial charge in [0, 0.05) is 19.1 Å². The molecule has 2 heterocycles. The number of benzene rings is 1. The number of piperidine rings is 2. The average molecular weight is 589 g/mol. The van der Waals surface area contributed by atoms with Crippen LogP contribution in [-0.4, -0.2) is 98.2 Å². The zero-order valence-electron chi connectivity index (χ0n) is 26.3. The summed E-state index contributed by atoms with van der Waals surface area (Å²) < 4.78 is 27.9. The van der Waals surface area contributed by atoms with Crippen LogP contribution in [0.2, 0.25) is 0 Å². The normalized spacial score (nSPS) is 22.4. The first kappa shape index (κ1) is 32.1. The van der Waals surface area contributed by atoms with E-state index in [1.165, 1.54) is 14.2 Å². The number of nitrogens with zero attached hydrogens (tertiary/aromatic N) is 2. The molecule has 0 bridgehead atoms. The third kappa shape index (κ3) is 7.95. The minimum Gasteiger partial charge on any atom is -0.491 e. The SMILES string of the molecule is COC(=O)c1cc(OC(C)C)c(C2CCN([C@H]3C[C@H](OC4CCN(C(=O)OC(C)(C)C)CC4)C3)CC2)cc1C(=O)OC. The first-order chi connectivity index (χ1) is 19.9. The number of amides is 1. The van der Waals surface area contributed by atoms with Gasteiger partial charge in [-0.3, -0.25) is 0 Å². The monoisotopic (exact) mass is 588 g/mol. The number of likely N-dealkylation sites (tertiary alicyclic amines) is 2. The van der Waals surface area contributed by atoms with Crippen molar-refractivity contribution in [2.75, 3.05) is 40.4 Å². The maximum absolute atomic E-state index is 12.6. The summed E-state index contributed by atoms with van der Waals surface area (Å²) >= 11 is 0. The van der Waals surface area contributed by atoms with Gasteiger partial charge < -0.3 is 33.5 Å². The molecule has 0 atom stereocenters. The maximum atomic E-state index is 12.6. The Morgan fingerprint density at radius 3 is 1.93 bits per heavy atom. The molecule has 1 aromatic carbocycles. The van der Waals surface area contributed by atoms with Gasteiger partial charge in [0.1, 0.15) is 11.4 Å². The van der Waals surface area contributed by atoms with E-state index in [-0.39, 0.29) is 41.4 Å². The molecule has 2 aliphatic heterocycles. The van der Waals surface area contributed by atoms with Crippen molar-refractivity contribution in [3.63, 3.8) is 0 Å². The first-order valence-corrected chi connectivity index (χ1v) is 15.3. The highest BCUT2D eigenvalue weighted by Gasteiger charge is 2.39. The van der Waals surface area contributed by atoms with Crippen molar-refractivity contribution in [3.8, 4) is 5.75 Å². The molecule has 3 fully saturated rings. The van der Waals surface area contributed by atoms with Crippen molar-refractivity contribution < 1.29 is 38.1 Å². The second kappa shape index (κ2) is 13.6. The number of esters is 2. The third-order valence-corrected chi connectivity index (χ3v) is 8.36. The number of hydrogen-bond donors (Lipinski definition) is 0. The molecule has 1 aromatic rings. The lowest BCUT2D eigenvalue weighted by molar-refractivity contribution is -0.105. The van der Waals surface area contributed by atoms with Crippen LogP contribution in [0.1, 0.15) is 105 Å². The van der Waals surface area contributed by atoms with Gasteiger partial charge in [-0.05, 0) is 110 Å². The minimum atomic E-state index is -0.597. The zero-order valence-corrected chi connectivity index (χ0v) is 26.3. The quantitative estimate of drug-likeness (QED) is 0.300. The number of methoxy groups -OCH3 is 2. The molecule has 10 nitrogen and oxygen atoms in total. The first-order valence-electron chi connectivity index (χ1n) is 15.3. The Morgan fingerprint density at radius 1 is 0.833 bits per heavy atom. The molecule has 1 amide bonds. The molecule has 4 rings (SSSR count). The van der Waals surface area contributed by atoms with Gasteiger partial charge in [-0.2, -0.15) is 0 Å². The number of carbonyl (C=O) groups excluding carboxylic acids is 3. The molecule has 10 heteroatoms. The van der Waals surface area contributed by atoms with Crippen molar-refractivity contribution in [2.24, 2.45) is 0 Å². The summed E-state index contributed by atoms with van der Waals surface area (Å²) in [5.74, 6) is -0.347. The van der Waals surface area contributed by atoms with E-state index in [0.29, 0.717) is 24.9 Å². The van der Waals surface area contributed by atoms with Gasteiger partial charge >= 0.3 is 18.0 Å². The fourth-order valence-electron chi connectivity index (χ4n) is 6.13. The van der Waals surface area contributed by atoms with Crippen LogP contribution >= 0.6 is 0 Å². The fraction of sp³-hybridized carbons (Fsp3) is 0.719. The summed E-state index contributed by atoms with van der Waals surface area (Å²) in [6.45, 7) is 12.8. The molecular weight excluding hydrogens is 540 g/mol. The molecule has 1 saturated carbocycles. The third-order valence-electron chi connectivity index (χ3n) is 8.36. The van der Waals surface area contributed by atoms with Crippen LogP contribution in [0.25, 0.3) is 0 Å². The standard InChI is InChI=1S/C32H48N2O8/c1-20(2)40-28-19-27(30(36)39-7)26(29(35)38-6)18-25(28)21-8-12-33(13-9-21)22-16-24(17-22)41-23-10-14-34(15-11-23)31(37)42-32(3,4)5/h18-24H,8-17H2,1-7H3/t22-,24-. The molecule has 0 aromatic heterocycles. The highest BCUT2D eigenvalue weighted by molar-refractivity contribution is 6.03. The number of carbonyl (C=O) groups is 3. The van der Waals surface area contributed by atoms with Crippen molar-refractivity contribution in [1.82, 2.24) is 9.80 Å². The highest BCUT2D eigenvalue weighted by atomic mass is 16.6. The topological polar surface area (TPSA) is 104 Å². The summed E-state index contributed by atoms with van der Waals surface area (Å²) in [6, 6.07) is 3.90. The van der Waals surface area contributed by atoms with Crippen molar-refractivity contribution in [1.29, 1.82) is 0 Å². The van der Waals surface area contributed by atoms with Crippen LogP contribution in [0.4, 0.5) is 4.79 Å². The van der Waals surface area contributed by atoms with Crippen LogP contribution in [0.5, 0.6) is 5.75 Å². The average Bonchev–Trinajstić information content (AvgIpc) is 2.93. The molecule has 2 saturated heterocycles. The highest BCUT2D eigenvalue weighted by Crippen LogP contribution is 2.40. The molecular formula is C32H48N2O8. The number of ether oxygens (including phenoxy) is 5. The predicted molar refractivity (Wildman–Crippen MR) is 157 cm³/mol. The summed E-state index contributed by atoms with van der Waals surface area (Å²) in [5, 5.41) is 0. The molecule has 3 aliphatic rings. The van der Waals surface area contributed by atoms with Crippen LogP contribution < -0.4 is 4.74 Å². The van der Waals surface area contributed by atoms with Crippen molar-refractivity contribution in [3.05, 3.63) is 28.8 Å². The van der Waals surface area contributed by atoms with Gasteiger partial charge in [-0.1, -0.05) is 0 Å². The summed E-state index contributed by atoms with van der Waals surface area (Å²) in [4.78, 5) is 41.7. The molecule has 1 aliphatic carbocycles. The maximum Gasteiger partial charge on any atom is 0.410 e. The van der Waals surface area contributed by atoms with E-state index < -0.39 is 17.5 Å². The summed E-state index contributed by atoms with van der Waals surface area (Å²) in [6.07, 6.45) is 5.73. The minimum absolute atomic E-state index is 0.0882. The van der Waals surface area contributed by atoms with Gasteiger partial charge in [0.05, 0.1) is 43.7 Å². The Balaban J connectivity index is 1.29. The van der Waals surface area contributed by atoms with E-state index in [9.17, 15) is 14.4 Å². The fourth-order valence-corrected chi connectivity index (χ4v) is 6.13. The van der Waals surface area contributed by atoms with E-state index >= 15 is 0 Å². The largest absolute Gasteiger partial charge is 0.491 e. The molecule has 0 N–H and O–H groups in total. The Morgan fingerprint density at radius 2 is 1.40 bits per heavy atom. The molecule has 0 spiro atoms. The Kier molecular flexibility index (Phi) is 10.4. The molecule has 0 radical (unpaired) electrons. The van der Waals surface area contributed by atoms with E-state index in [4.69, 9.17) is 23.7 Å². The predicted octanol–water partition coefficient (Wildman–Crippen LogP) is 5.17. The Bertz CT molecular complexity index is 1110. The van der Waals surface area contributed by atoms with Crippen LogP contribution in [0.15, 0.2) is 12.1 Å². The lowest BCUT2D eigenvalue weighted by atomic mass is 9.82. The van der Waals surface area contributed by atoms with Gasteiger partial charge in [-0.25, -0.2) is 14.4 Å². The van der Waals surface area contributed by atoms with Crippen molar-refractivity contribution in [2.45, 2.75) is 109 Å². The molecule has 234 valence electrons. The van der Waals surface area contributed by atoms with E-state index in [0.717, 1.165) is 57.2 Å². The Hall–Kier alpha value is -2.85. The van der Waals surface area contributed by atoms with Gasteiger partial charge in [0.25, 0.3) is 0 Å². The van der Waals surface area contributed by atoms with E-state index in [1.54, 1.807) is 17.0 Å². The van der Waals surface area contributed by atoms with E-state index in [1.807, 2.05) is 34.6 Å². The lowest BCUT2D eigenvalue weighted by Crippen LogP contribution is -2.52. The number of rotatable bonds is 8. The summed E-state index contributed by atoms with van der Waals surface area (Å²) in [5.41, 5.74) is 0.806. The second-order valence-electron chi connectivity index (χ2n) is 12.9. The second-order valence-corrected chi connectivity index (χ2v) is 12.9. The molecule has 0 unspecified atom stereocenters. The van der Waals surface area contributed by atoms with Crippen LogP contribution in [-0.2, 0) is 18.9 Å². The smallest absolute Gasteiger partial charge is 0.410 e. The van der Waals surface area contributed by atoms with Gasteiger partial charge in [0.15, 0.2) is 0 Å². The van der Waals surface area contributed by atoms with Gasteiger partial charge in [-0.15, -0.1) is 0 Å². The van der Waals surface area contributed by atoms with Gasteiger partial charge in [0.2, 0.25) is 0 Å². The lowest BCUT2D eigenvalue weighted by Gasteiger charge is -2.47. The zero-order chi connectivity index (χ0) is 30.6. The van der Waals surface area contributed by atoms with E-state index in [2.05, 4.69) is 4.90 Å². The molecule has 42 heavy (non-hydrogen) atoms. The van der Waals surface area contributed by atoms with Crippen molar-refractivity contribution >= 4 is 18.0 Å². The Labute approximate surface area is 249 Å².